The zero-order chi connectivity index (χ0) is 20.0. The van der Waals surface area contributed by atoms with E-state index in [0.29, 0.717) is 35.3 Å². The monoisotopic (exact) mass is 393 g/mol. The number of hydrogen-bond donors (Lipinski definition) is 1. The van der Waals surface area contributed by atoms with Crippen LogP contribution in [0.25, 0.3) is 0 Å². The minimum atomic E-state index is -0.402. The molecule has 0 unspecified atom stereocenters. The zero-order valence-corrected chi connectivity index (χ0v) is 16.6. The first-order valence-corrected chi connectivity index (χ1v) is 9.47. The Morgan fingerprint density at radius 2 is 1.89 bits per heavy atom. The summed E-state index contributed by atoms with van der Waals surface area (Å²) >= 11 is 1.24. The van der Waals surface area contributed by atoms with Gasteiger partial charge in [-0.15, -0.1) is 11.3 Å². The largest absolute Gasteiger partial charge is 0.466 e. The maximum atomic E-state index is 12.4. The fourth-order valence-corrected chi connectivity index (χ4v) is 3.29. The number of thiazole rings is 1. The van der Waals surface area contributed by atoms with Crippen LogP contribution in [-0.2, 0) is 32.0 Å². The molecule has 0 aliphatic carbocycles. The van der Waals surface area contributed by atoms with Gasteiger partial charge in [0.25, 0.3) is 0 Å². The maximum absolute atomic E-state index is 12.4. The van der Waals surface area contributed by atoms with Crippen molar-refractivity contribution >= 4 is 34.3 Å². The second kappa shape index (κ2) is 9.31. The van der Waals surface area contributed by atoms with Crippen molar-refractivity contribution in [1.29, 1.82) is 0 Å². The fraction of sp³-hybridized carbons (Fsp3) is 0.444. The van der Waals surface area contributed by atoms with Crippen molar-refractivity contribution in [1.82, 2.24) is 9.55 Å². The van der Waals surface area contributed by atoms with Crippen molar-refractivity contribution in [2.75, 3.05) is 18.5 Å². The summed E-state index contributed by atoms with van der Waals surface area (Å²) in [5.74, 6) is -1.03. The van der Waals surface area contributed by atoms with Crippen LogP contribution in [0, 0.1) is 13.8 Å². The fourth-order valence-electron chi connectivity index (χ4n) is 2.57. The molecular weight excluding hydrogens is 370 g/mol. The third-order valence-electron chi connectivity index (χ3n) is 3.80. The molecule has 0 radical (unpaired) electrons. The highest BCUT2D eigenvalue weighted by Crippen LogP contribution is 2.18. The van der Waals surface area contributed by atoms with Crippen LogP contribution in [0.2, 0.25) is 0 Å². The number of carbonyl (C=O) groups is 3. The standard InChI is InChI=1S/C18H23N3O5S/c1-5-25-16(23)8-13-10-27-18(19-13)20-15(22)9-21-11(3)7-14(12(21)4)17(24)26-6-2/h7,10H,5-6,8-9H2,1-4H3,(H,19,20,22). The third-order valence-corrected chi connectivity index (χ3v) is 4.61. The quantitative estimate of drug-likeness (QED) is 0.692. The number of nitrogens with one attached hydrogen (secondary N) is 1. The topological polar surface area (TPSA) is 99.5 Å². The summed E-state index contributed by atoms with van der Waals surface area (Å²) in [6.45, 7) is 7.73. The lowest BCUT2D eigenvalue weighted by Crippen LogP contribution is -2.20. The Labute approximate surface area is 161 Å². The zero-order valence-electron chi connectivity index (χ0n) is 15.8. The van der Waals surface area contributed by atoms with Crippen LogP contribution < -0.4 is 5.32 Å². The summed E-state index contributed by atoms with van der Waals surface area (Å²) in [6.07, 6.45) is 0.0684. The highest BCUT2D eigenvalue weighted by molar-refractivity contribution is 7.13. The molecule has 1 amide bonds. The maximum Gasteiger partial charge on any atom is 0.339 e. The molecule has 2 rings (SSSR count). The molecule has 0 aromatic carbocycles. The van der Waals surface area contributed by atoms with Gasteiger partial charge in [0.2, 0.25) is 5.91 Å². The van der Waals surface area contributed by atoms with Crippen LogP contribution in [0.4, 0.5) is 5.13 Å². The Balaban J connectivity index is 2.01. The van der Waals surface area contributed by atoms with Crippen LogP contribution in [-0.4, -0.2) is 40.6 Å². The molecular formula is C18H23N3O5S. The number of hydrogen-bond acceptors (Lipinski definition) is 7. The molecule has 0 fully saturated rings. The Morgan fingerprint density at radius 1 is 1.19 bits per heavy atom. The molecule has 0 spiro atoms. The van der Waals surface area contributed by atoms with Gasteiger partial charge in [0.05, 0.1) is 30.9 Å². The number of aryl methyl sites for hydroxylation is 1. The van der Waals surface area contributed by atoms with E-state index in [-0.39, 0.29) is 24.8 Å². The predicted octanol–water partition coefficient (Wildman–Crippen LogP) is 2.48. The molecule has 2 aromatic heterocycles. The van der Waals surface area contributed by atoms with E-state index in [1.807, 2.05) is 6.92 Å². The van der Waals surface area contributed by atoms with Crippen LogP contribution in [0.1, 0.15) is 41.3 Å². The van der Waals surface area contributed by atoms with Gasteiger partial charge >= 0.3 is 11.9 Å². The number of rotatable bonds is 8. The van der Waals surface area contributed by atoms with Gasteiger partial charge in [-0.25, -0.2) is 9.78 Å². The van der Waals surface area contributed by atoms with E-state index in [4.69, 9.17) is 9.47 Å². The number of nitrogens with zero attached hydrogens (tertiary/aromatic N) is 2. The van der Waals surface area contributed by atoms with Crippen molar-refractivity contribution in [2.45, 2.75) is 40.7 Å². The Kier molecular flexibility index (Phi) is 7.12. The molecule has 0 saturated heterocycles. The number of esters is 2. The minimum absolute atomic E-state index is 0.0455. The molecule has 8 nitrogen and oxygen atoms in total. The molecule has 2 heterocycles. The van der Waals surface area contributed by atoms with E-state index < -0.39 is 5.97 Å². The predicted molar refractivity (Wildman–Crippen MR) is 101 cm³/mol. The lowest BCUT2D eigenvalue weighted by atomic mass is 10.2. The number of anilines is 1. The van der Waals surface area contributed by atoms with Crippen molar-refractivity contribution in [3.63, 3.8) is 0 Å². The van der Waals surface area contributed by atoms with Gasteiger partial charge in [0, 0.05) is 16.8 Å². The molecule has 1 N–H and O–H groups in total. The van der Waals surface area contributed by atoms with Crippen LogP contribution in [0.3, 0.4) is 0 Å². The van der Waals surface area contributed by atoms with E-state index in [0.717, 1.165) is 5.69 Å². The normalized spacial score (nSPS) is 10.5. The number of carbonyl (C=O) groups excluding carboxylic acids is 3. The van der Waals surface area contributed by atoms with Gasteiger partial charge in [-0.3, -0.25) is 9.59 Å². The average molecular weight is 393 g/mol. The second-order valence-electron chi connectivity index (χ2n) is 5.77. The van der Waals surface area contributed by atoms with E-state index in [2.05, 4.69) is 10.3 Å². The first kappa shape index (κ1) is 20.6. The van der Waals surface area contributed by atoms with Gasteiger partial charge < -0.3 is 19.4 Å². The van der Waals surface area contributed by atoms with Crippen molar-refractivity contribution in [2.24, 2.45) is 0 Å². The van der Waals surface area contributed by atoms with E-state index in [9.17, 15) is 14.4 Å². The molecule has 2 aromatic rings. The van der Waals surface area contributed by atoms with E-state index in [1.54, 1.807) is 36.8 Å². The Bertz CT molecular complexity index is 840. The summed E-state index contributed by atoms with van der Waals surface area (Å²) in [6, 6.07) is 1.71. The second-order valence-corrected chi connectivity index (χ2v) is 6.62. The highest BCUT2D eigenvalue weighted by atomic mass is 32.1. The molecule has 0 saturated carbocycles. The van der Waals surface area contributed by atoms with Gasteiger partial charge in [-0.05, 0) is 33.8 Å². The smallest absolute Gasteiger partial charge is 0.339 e. The molecule has 146 valence electrons. The molecule has 9 heteroatoms. The summed E-state index contributed by atoms with van der Waals surface area (Å²) in [4.78, 5) is 40.0. The lowest BCUT2D eigenvalue weighted by Gasteiger charge is -2.09. The molecule has 0 aliphatic rings. The van der Waals surface area contributed by atoms with Gasteiger partial charge in [0.1, 0.15) is 6.54 Å². The lowest BCUT2D eigenvalue weighted by molar-refractivity contribution is -0.142. The Morgan fingerprint density at radius 3 is 2.56 bits per heavy atom. The van der Waals surface area contributed by atoms with Crippen molar-refractivity contribution in [3.8, 4) is 0 Å². The Hall–Kier alpha value is -2.68. The molecule has 0 atom stereocenters. The average Bonchev–Trinajstić information content (AvgIpc) is 3.14. The van der Waals surface area contributed by atoms with Crippen LogP contribution in [0.5, 0.6) is 0 Å². The first-order chi connectivity index (χ1) is 12.8. The highest BCUT2D eigenvalue weighted by Gasteiger charge is 2.18. The molecule has 27 heavy (non-hydrogen) atoms. The first-order valence-electron chi connectivity index (χ1n) is 8.59. The number of amides is 1. The number of aromatic nitrogens is 2. The summed E-state index contributed by atoms with van der Waals surface area (Å²) in [7, 11) is 0. The molecule has 0 bridgehead atoms. The van der Waals surface area contributed by atoms with E-state index >= 15 is 0 Å². The number of ether oxygens (including phenoxy) is 2. The minimum Gasteiger partial charge on any atom is -0.466 e. The van der Waals surface area contributed by atoms with E-state index in [1.165, 1.54) is 11.3 Å². The third kappa shape index (κ3) is 5.40. The van der Waals surface area contributed by atoms with Crippen LogP contribution in [0.15, 0.2) is 11.4 Å². The van der Waals surface area contributed by atoms with Gasteiger partial charge in [0.15, 0.2) is 5.13 Å². The van der Waals surface area contributed by atoms with Crippen molar-refractivity contribution in [3.05, 3.63) is 34.1 Å². The van der Waals surface area contributed by atoms with Gasteiger partial charge in [-0.1, -0.05) is 0 Å². The van der Waals surface area contributed by atoms with Crippen molar-refractivity contribution < 1.29 is 23.9 Å². The molecule has 0 aliphatic heterocycles. The summed E-state index contributed by atoms with van der Waals surface area (Å²) in [5, 5.41) is 4.83. The summed E-state index contributed by atoms with van der Waals surface area (Å²) < 4.78 is 11.7. The SMILES string of the molecule is CCOC(=O)Cc1csc(NC(=O)Cn2c(C)cc(C(=O)OCC)c2C)n1. The van der Waals surface area contributed by atoms with Crippen LogP contribution >= 0.6 is 11.3 Å². The van der Waals surface area contributed by atoms with Gasteiger partial charge in [-0.2, -0.15) is 0 Å². The summed E-state index contributed by atoms with van der Waals surface area (Å²) in [5.41, 5.74) is 2.45.